The molecule has 0 radical (unpaired) electrons. The molecule has 2 amide bonds. The van der Waals surface area contributed by atoms with Crippen molar-refractivity contribution in [2.75, 3.05) is 27.3 Å². The Labute approximate surface area is 184 Å². The quantitative estimate of drug-likeness (QED) is 0.752. The van der Waals surface area contributed by atoms with E-state index in [2.05, 4.69) is 5.32 Å². The number of carbonyl (C=O) groups is 2. The van der Waals surface area contributed by atoms with Crippen LogP contribution in [-0.4, -0.2) is 62.1 Å². The minimum absolute atomic E-state index is 0.136. The number of carbonyl (C=O) groups excluding carboxylic acids is 2. The number of hydrogen-bond donors (Lipinski definition) is 1. The summed E-state index contributed by atoms with van der Waals surface area (Å²) in [6.45, 7) is 6.20. The van der Waals surface area contributed by atoms with Gasteiger partial charge in [0.15, 0.2) is 11.5 Å². The summed E-state index contributed by atoms with van der Waals surface area (Å²) in [5.74, 6) is 1.23. The maximum Gasteiger partial charge on any atom is 0.409 e. The smallest absolute Gasteiger partial charge is 0.409 e. The van der Waals surface area contributed by atoms with Crippen LogP contribution in [0.3, 0.4) is 0 Å². The summed E-state index contributed by atoms with van der Waals surface area (Å²) in [6.07, 6.45) is 3.68. The molecule has 2 atom stereocenters. The van der Waals surface area contributed by atoms with Crippen LogP contribution in [0.1, 0.15) is 57.9 Å². The molecule has 1 aliphatic heterocycles. The van der Waals surface area contributed by atoms with Crippen molar-refractivity contribution < 1.29 is 28.5 Å². The summed E-state index contributed by atoms with van der Waals surface area (Å²) in [7, 11) is 2.98. The highest BCUT2D eigenvalue weighted by molar-refractivity contribution is 5.70. The summed E-state index contributed by atoms with van der Waals surface area (Å²) in [5, 5.41) is 2.93. The Kier molecular flexibility index (Phi) is 7.18. The SMILES string of the molecule is COC(=O)N1C[C@@H](NC(=O)OC(C)(C)C)[C@H](c2ccc(OC)c(OC3CCCC3)c2)C1. The van der Waals surface area contributed by atoms with Gasteiger partial charge in [-0.05, 0) is 64.2 Å². The monoisotopic (exact) mass is 434 g/mol. The number of nitrogens with zero attached hydrogens (tertiary/aromatic N) is 1. The van der Waals surface area contributed by atoms with Gasteiger partial charge in [-0.3, -0.25) is 0 Å². The molecule has 2 fully saturated rings. The van der Waals surface area contributed by atoms with Crippen molar-refractivity contribution in [3.05, 3.63) is 23.8 Å². The van der Waals surface area contributed by atoms with Gasteiger partial charge in [-0.1, -0.05) is 6.07 Å². The third kappa shape index (κ3) is 5.95. The first-order valence-electron chi connectivity index (χ1n) is 10.9. The number of nitrogens with one attached hydrogen (secondary N) is 1. The van der Waals surface area contributed by atoms with Gasteiger partial charge in [0.25, 0.3) is 0 Å². The van der Waals surface area contributed by atoms with Crippen LogP contribution in [0.2, 0.25) is 0 Å². The van der Waals surface area contributed by atoms with Crippen molar-refractivity contribution in [2.45, 2.75) is 70.1 Å². The van der Waals surface area contributed by atoms with Crippen LogP contribution in [0, 0.1) is 0 Å². The summed E-state index contributed by atoms with van der Waals surface area (Å²) in [4.78, 5) is 26.2. The van der Waals surface area contributed by atoms with Crippen molar-refractivity contribution in [1.82, 2.24) is 10.2 Å². The van der Waals surface area contributed by atoms with E-state index in [9.17, 15) is 9.59 Å². The van der Waals surface area contributed by atoms with Crippen molar-refractivity contribution in [3.8, 4) is 11.5 Å². The van der Waals surface area contributed by atoms with Crippen LogP contribution >= 0.6 is 0 Å². The maximum absolute atomic E-state index is 12.4. The lowest BCUT2D eigenvalue weighted by molar-refractivity contribution is 0.0501. The van der Waals surface area contributed by atoms with Crippen molar-refractivity contribution in [2.24, 2.45) is 0 Å². The van der Waals surface area contributed by atoms with E-state index in [1.54, 1.807) is 12.0 Å². The Morgan fingerprint density at radius 3 is 2.39 bits per heavy atom. The van der Waals surface area contributed by atoms with Gasteiger partial charge in [-0.25, -0.2) is 9.59 Å². The second-order valence-corrected chi connectivity index (χ2v) is 9.17. The topological polar surface area (TPSA) is 86.3 Å². The Bertz CT molecular complexity index is 785. The van der Waals surface area contributed by atoms with Crippen LogP contribution in [0.25, 0.3) is 0 Å². The Balaban J connectivity index is 1.83. The summed E-state index contributed by atoms with van der Waals surface area (Å²) in [5.41, 5.74) is 0.351. The molecule has 2 aliphatic rings. The fourth-order valence-electron chi connectivity index (χ4n) is 4.23. The molecule has 172 valence electrons. The zero-order valence-corrected chi connectivity index (χ0v) is 19.1. The van der Waals surface area contributed by atoms with Crippen LogP contribution in [0.4, 0.5) is 9.59 Å². The summed E-state index contributed by atoms with van der Waals surface area (Å²) < 4.78 is 22.1. The van der Waals surface area contributed by atoms with Crippen molar-refractivity contribution in [1.29, 1.82) is 0 Å². The molecule has 8 heteroatoms. The third-order valence-corrected chi connectivity index (χ3v) is 5.67. The van der Waals surface area contributed by atoms with E-state index < -0.39 is 17.8 Å². The lowest BCUT2D eigenvalue weighted by Crippen LogP contribution is -2.43. The zero-order chi connectivity index (χ0) is 22.6. The van der Waals surface area contributed by atoms with Gasteiger partial charge in [0, 0.05) is 19.0 Å². The van der Waals surface area contributed by atoms with E-state index >= 15 is 0 Å². The molecular weight excluding hydrogens is 400 g/mol. The number of benzene rings is 1. The molecule has 1 aliphatic carbocycles. The van der Waals surface area contributed by atoms with Gasteiger partial charge in [0.2, 0.25) is 0 Å². The summed E-state index contributed by atoms with van der Waals surface area (Å²) >= 11 is 0. The first kappa shape index (κ1) is 23.0. The minimum Gasteiger partial charge on any atom is -0.493 e. The van der Waals surface area contributed by atoms with Crippen LogP contribution in [0.15, 0.2) is 18.2 Å². The van der Waals surface area contributed by atoms with Gasteiger partial charge >= 0.3 is 12.2 Å². The van der Waals surface area contributed by atoms with Gasteiger partial charge < -0.3 is 29.2 Å². The first-order valence-corrected chi connectivity index (χ1v) is 10.9. The average molecular weight is 435 g/mol. The van der Waals surface area contributed by atoms with Gasteiger partial charge in [-0.15, -0.1) is 0 Å². The van der Waals surface area contributed by atoms with E-state index in [0.29, 0.717) is 24.6 Å². The normalized spacial score (nSPS) is 21.6. The molecule has 0 bridgehead atoms. The molecule has 1 aromatic rings. The predicted molar refractivity (Wildman–Crippen MR) is 116 cm³/mol. The number of likely N-dealkylation sites (tertiary alicyclic amines) is 1. The van der Waals surface area contributed by atoms with E-state index in [4.69, 9.17) is 18.9 Å². The second-order valence-electron chi connectivity index (χ2n) is 9.17. The number of rotatable bonds is 5. The summed E-state index contributed by atoms with van der Waals surface area (Å²) in [6, 6.07) is 5.48. The zero-order valence-electron chi connectivity index (χ0n) is 19.1. The Morgan fingerprint density at radius 1 is 1.06 bits per heavy atom. The molecule has 1 heterocycles. The molecular formula is C23H34N2O6. The predicted octanol–water partition coefficient (Wildman–Crippen LogP) is 4.08. The van der Waals surface area contributed by atoms with E-state index in [1.807, 2.05) is 39.0 Å². The molecule has 0 aromatic heterocycles. The van der Waals surface area contributed by atoms with Gasteiger partial charge in [0.05, 0.1) is 26.4 Å². The lowest BCUT2D eigenvalue weighted by Gasteiger charge is -2.25. The molecule has 0 spiro atoms. The van der Waals surface area contributed by atoms with Crippen LogP contribution in [0.5, 0.6) is 11.5 Å². The highest BCUT2D eigenvalue weighted by atomic mass is 16.6. The highest BCUT2D eigenvalue weighted by Gasteiger charge is 2.39. The maximum atomic E-state index is 12.4. The molecule has 1 saturated carbocycles. The molecule has 1 saturated heterocycles. The minimum atomic E-state index is -0.609. The average Bonchev–Trinajstić information content (AvgIpc) is 3.36. The number of methoxy groups -OCH3 is 2. The first-order chi connectivity index (χ1) is 14.7. The Morgan fingerprint density at radius 2 is 1.77 bits per heavy atom. The number of hydrogen-bond acceptors (Lipinski definition) is 6. The fourth-order valence-corrected chi connectivity index (χ4v) is 4.23. The molecule has 1 N–H and O–H groups in total. The van der Waals surface area contributed by atoms with Crippen LogP contribution < -0.4 is 14.8 Å². The van der Waals surface area contributed by atoms with Crippen LogP contribution in [-0.2, 0) is 9.47 Å². The Hall–Kier alpha value is -2.64. The van der Waals surface area contributed by atoms with Crippen molar-refractivity contribution >= 4 is 12.2 Å². The number of ether oxygens (including phenoxy) is 4. The lowest BCUT2D eigenvalue weighted by atomic mass is 9.94. The van der Waals surface area contributed by atoms with Gasteiger partial charge in [-0.2, -0.15) is 0 Å². The second kappa shape index (κ2) is 9.66. The molecule has 8 nitrogen and oxygen atoms in total. The largest absolute Gasteiger partial charge is 0.493 e. The number of alkyl carbamates (subject to hydrolysis) is 1. The standard InChI is InChI=1S/C23H34N2O6/c1-23(2,3)31-21(26)24-18-14-25(22(27)29-5)13-17(18)15-10-11-19(28-4)20(12-15)30-16-8-6-7-9-16/h10-12,16-18H,6-9,13-14H2,1-5H3,(H,24,26)/t17-,18+/m0/s1. The fraction of sp³-hybridized carbons (Fsp3) is 0.652. The third-order valence-electron chi connectivity index (χ3n) is 5.67. The van der Waals surface area contributed by atoms with E-state index in [-0.39, 0.29) is 18.1 Å². The molecule has 3 rings (SSSR count). The molecule has 31 heavy (non-hydrogen) atoms. The van der Waals surface area contributed by atoms with Crippen molar-refractivity contribution in [3.63, 3.8) is 0 Å². The van der Waals surface area contributed by atoms with E-state index in [0.717, 1.165) is 18.4 Å². The number of amides is 2. The van der Waals surface area contributed by atoms with Gasteiger partial charge in [0.1, 0.15) is 5.60 Å². The van der Waals surface area contributed by atoms with E-state index in [1.165, 1.54) is 20.0 Å². The highest BCUT2D eigenvalue weighted by Crippen LogP contribution is 2.37. The molecule has 0 unspecified atom stereocenters. The molecule has 1 aromatic carbocycles.